The van der Waals surface area contributed by atoms with Gasteiger partial charge in [-0.1, -0.05) is 25.1 Å². The zero-order valence-electron chi connectivity index (χ0n) is 36.3. The van der Waals surface area contributed by atoms with Gasteiger partial charge in [0.2, 0.25) is 20.9 Å². The van der Waals surface area contributed by atoms with Crippen molar-refractivity contribution < 1.29 is 41.7 Å². The summed E-state index contributed by atoms with van der Waals surface area (Å²) in [6.45, 7) is 11.5. The van der Waals surface area contributed by atoms with E-state index >= 15 is 0 Å². The zero-order chi connectivity index (χ0) is 47.4. The summed E-state index contributed by atoms with van der Waals surface area (Å²) < 4.78 is 50.5. The zero-order valence-corrected chi connectivity index (χ0v) is 37.9. The Labute approximate surface area is 367 Å². The molecule has 0 atom stereocenters. The normalized spacial score (nSPS) is 10.2. The highest BCUT2D eigenvalue weighted by atomic mass is 32.2. The van der Waals surface area contributed by atoms with E-state index in [0.29, 0.717) is 42.3 Å². The van der Waals surface area contributed by atoms with Gasteiger partial charge in [0.1, 0.15) is 11.5 Å². The van der Waals surface area contributed by atoms with Gasteiger partial charge >= 0.3 is 23.4 Å². The minimum atomic E-state index is -3.44. The Hall–Kier alpha value is -7.38. The lowest BCUT2D eigenvalue weighted by Gasteiger charge is -2.21. The predicted octanol–water partition coefficient (Wildman–Crippen LogP) is 3.53. The van der Waals surface area contributed by atoms with Gasteiger partial charge in [0.05, 0.1) is 70.2 Å². The Morgan fingerprint density at radius 3 is 2.10 bits per heavy atom. The molecule has 338 valence electrons. The monoisotopic (exact) mass is 912 g/mol. The minimum absolute atomic E-state index is 0.0644. The summed E-state index contributed by atoms with van der Waals surface area (Å²) in [6, 6.07) is 13.7. The van der Waals surface area contributed by atoms with Crippen molar-refractivity contribution >= 4 is 50.5 Å². The number of carbonyl (C=O) groups excluding carboxylic acids is 3. The number of rotatable bonds is 11. The van der Waals surface area contributed by atoms with Gasteiger partial charge in [-0.2, -0.15) is 5.26 Å². The van der Waals surface area contributed by atoms with E-state index in [-0.39, 0.29) is 39.6 Å². The molecule has 5 rings (SSSR count). The standard InChI is InChI=1S/C16H21N5O4S.C10H13NO5S.C7H5N3.C5H9N3O2/c1-4-10-25-15(22)21-14(17-18-19-21)26-16(23)20(5-2)11-12-8-6-7-9-13(12)24-3;1-15-9-5-4-7(10(12)16-2)6-8(9)11-17(3,13)14;1-9-7-5-10(2)4-6(7)3-8;1-6-4(9)7(2)8(3)5(6)10/h6-9H,4-5,10-11H2,1-3H3;4-6,11H,1-3H3;4-5H,2H3;1-3H3. The smallest absolute Gasteiger partial charge is 0.438 e. The first kappa shape index (κ1) is 51.8. The maximum atomic E-state index is 12.6. The maximum absolute atomic E-state index is 12.6. The fourth-order valence-corrected chi connectivity index (χ4v) is 6.16. The average Bonchev–Trinajstić information content (AvgIpc) is 3.94. The summed E-state index contributed by atoms with van der Waals surface area (Å²) in [5, 5.41) is 19.0. The number of nitrogens with one attached hydrogen (secondary N) is 1. The van der Waals surface area contributed by atoms with Crippen LogP contribution in [0.5, 0.6) is 11.5 Å². The van der Waals surface area contributed by atoms with Crippen LogP contribution in [0.4, 0.5) is 21.0 Å². The van der Waals surface area contributed by atoms with Gasteiger partial charge in [-0.3, -0.25) is 9.52 Å². The van der Waals surface area contributed by atoms with Crippen LogP contribution in [0.25, 0.3) is 4.85 Å². The minimum Gasteiger partial charge on any atom is -0.496 e. The molecule has 63 heavy (non-hydrogen) atoms. The van der Waals surface area contributed by atoms with E-state index in [4.69, 9.17) is 26.0 Å². The number of aromatic nitrogens is 8. The van der Waals surface area contributed by atoms with E-state index in [0.717, 1.165) is 32.8 Å². The van der Waals surface area contributed by atoms with Gasteiger partial charge in [-0.05, 0) is 48.0 Å². The molecule has 1 N–H and O–H groups in total. The van der Waals surface area contributed by atoms with Gasteiger partial charge in [-0.25, -0.2) is 46.4 Å². The van der Waals surface area contributed by atoms with E-state index < -0.39 is 22.1 Å². The topological polar surface area (TPSA) is 263 Å². The lowest BCUT2D eigenvalue weighted by atomic mass is 10.2. The molecule has 0 spiro atoms. The molecule has 0 radical (unpaired) electrons. The van der Waals surface area contributed by atoms with Crippen molar-refractivity contribution in [3.8, 4) is 17.6 Å². The molecular weight excluding hydrogens is 865 g/mol. The lowest BCUT2D eigenvalue weighted by Crippen LogP contribution is -2.27. The van der Waals surface area contributed by atoms with Crippen LogP contribution in [0.1, 0.15) is 41.8 Å². The predicted molar refractivity (Wildman–Crippen MR) is 230 cm³/mol. The third-order valence-corrected chi connectivity index (χ3v) is 9.55. The number of benzene rings is 2. The van der Waals surface area contributed by atoms with Crippen LogP contribution in [-0.2, 0) is 54.2 Å². The molecule has 1 amide bonds. The number of nitriles is 1. The molecule has 3 aromatic heterocycles. The van der Waals surface area contributed by atoms with Crippen LogP contribution in [0, 0.1) is 17.9 Å². The van der Waals surface area contributed by atoms with E-state index in [1.807, 2.05) is 44.2 Å². The number of ether oxygens (including phenoxy) is 4. The highest BCUT2D eigenvalue weighted by molar-refractivity contribution is 8.13. The average molecular weight is 913 g/mol. The molecule has 25 heteroatoms. The second-order valence-electron chi connectivity index (χ2n) is 12.6. The Morgan fingerprint density at radius 2 is 1.60 bits per heavy atom. The second-order valence-corrected chi connectivity index (χ2v) is 15.2. The molecular formula is C38H48N12O11S2. The summed E-state index contributed by atoms with van der Waals surface area (Å²) in [4.78, 5) is 62.4. The molecule has 0 aliphatic rings. The third kappa shape index (κ3) is 15.2. The first-order valence-electron chi connectivity index (χ1n) is 18.3. The van der Waals surface area contributed by atoms with E-state index in [1.165, 1.54) is 48.8 Å². The van der Waals surface area contributed by atoms with Crippen molar-refractivity contribution in [2.75, 3.05) is 45.5 Å². The second kappa shape index (κ2) is 24.8. The summed E-state index contributed by atoms with van der Waals surface area (Å²) >= 11 is 0.776. The number of amides is 1. The number of nitrogens with zero attached hydrogens (tertiary/aromatic N) is 11. The highest BCUT2D eigenvalue weighted by Gasteiger charge is 2.23. The Kier molecular flexibility index (Phi) is 20.4. The summed E-state index contributed by atoms with van der Waals surface area (Å²) in [7, 11) is 7.12. The quantitative estimate of drug-likeness (QED) is 0.0860. The first-order valence-corrected chi connectivity index (χ1v) is 21.0. The van der Waals surface area contributed by atoms with Crippen LogP contribution in [-0.4, -0.2) is 110 Å². The van der Waals surface area contributed by atoms with Gasteiger partial charge in [0, 0.05) is 64.5 Å². The molecule has 0 bridgehead atoms. The van der Waals surface area contributed by atoms with E-state index in [1.54, 1.807) is 50.1 Å². The number of para-hydroxylation sites is 1. The van der Waals surface area contributed by atoms with Crippen LogP contribution < -0.4 is 25.6 Å². The molecule has 0 fully saturated rings. The van der Waals surface area contributed by atoms with E-state index in [9.17, 15) is 32.4 Å². The fraction of sp³-hybridized carbons (Fsp3) is 0.368. The number of hydrogen-bond donors (Lipinski definition) is 1. The number of anilines is 1. The van der Waals surface area contributed by atoms with Crippen LogP contribution in [0.3, 0.4) is 0 Å². The molecule has 2 aromatic carbocycles. The SMILES string of the molecule is CCCOC(=O)n1nnnc1SC(=O)N(CC)Cc1ccccc1OC.COC(=O)c1ccc(OC)c(NS(C)(=O)=O)c1.Cn1c(=O)n(C)n(C)c1=O.[C-]#[N+]c1cn(C)cc1C#N. The van der Waals surface area contributed by atoms with Crippen LogP contribution >= 0.6 is 11.8 Å². The number of carbonyl (C=O) groups is 3. The van der Waals surface area contributed by atoms with Crippen molar-refractivity contribution in [3.63, 3.8) is 0 Å². The third-order valence-electron chi connectivity index (χ3n) is 8.08. The Bertz CT molecular complexity index is 2600. The van der Waals surface area contributed by atoms with Gasteiger partial charge in [0.25, 0.3) is 5.24 Å². The Morgan fingerprint density at radius 1 is 0.968 bits per heavy atom. The Balaban J connectivity index is 0.000000315. The largest absolute Gasteiger partial charge is 0.496 e. The van der Waals surface area contributed by atoms with Gasteiger partial charge in [0.15, 0.2) is 0 Å². The first-order chi connectivity index (χ1) is 29.8. The van der Waals surface area contributed by atoms with E-state index in [2.05, 4.69) is 29.8 Å². The lowest BCUT2D eigenvalue weighted by molar-refractivity contribution is 0.0600. The molecule has 0 aliphatic carbocycles. The van der Waals surface area contributed by atoms with Crippen molar-refractivity contribution in [1.82, 2.24) is 43.6 Å². The molecule has 23 nitrogen and oxygen atoms in total. The number of hydrogen-bond acceptors (Lipinski definition) is 16. The molecule has 0 unspecified atom stereocenters. The maximum Gasteiger partial charge on any atom is 0.438 e. The summed E-state index contributed by atoms with van der Waals surface area (Å²) in [5.74, 6) is 0.476. The number of thioether (sulfide) groups is 1. The number of methoxy groups -OCH3 is 3. The molecule has 0 saturated carbocycles. The van der Waals surface area contributed by atoms with Crippen molar-refractivity contribution in [1.29, 1.82) is 5.26 Å². The van der Waals surface area contributed by atoms with Gasteiger partial charge < -0.3 is 28.4 Å². The summed E-state index contributed by atoms with van der Waals surface area (Å²) in [5.41, 5.74) is 1.58. The number of esters is 1. The van der Waals surface area contributed by atoms with Crippen molar-refractivity contribution in [2.45, 2.75) is 32.0 Å². The number of tetrazole rings is 1. The van der Waals surface area contributed by atoms with Crippen molar-refractivity contribution in [3.05, 3.63) is 104 Å². The van der Waals surface area contributed by atoms with Crippen LogP contribution in [0.15, 0.2) is 69.6 Å². The molecule has 0 saturated heterocycles. The molecule has 0 aliphatic heterocycles. The summed E-state index contributed by atoms with van der Waals surface area (Å²) in [6.07, 6.45) is 4.24. The number of aryl methyl sites for hydroxylation is 1. The van der Waals surface area contributed by atoms with Crippen LogP contribution in [0.2, 0.25) is 0 Å². The van der Waals surface area contributed by atoms with Crippen molar-refractivity contribution in [2.24, 2.45) is 28.2 Å². The molecule has 5 aromatic rings. The number of sulfonamides is 1. The highest BCUT2D eigenvalue weighted by Crippen LogP contribution is 2.27. The molecule has 3 heterocycles. The fourth-order valence-electron chi connectivity index (χ4n) is 4.84. The van der Waals surface area contributed by atoms with Gasteiger partial charge in [-0.15, -0.1) is 9.78 Å².